The highest BCUT2D eigenvalue weighted by Crippen LogP contribution is 2.33. The van der Waals surface area contributed by atoms with Gasteiger partial charge in [-0.15, -0.1) is 11.3 Å². The van der Waals surface area contributed by atoms with Crippen LogP contribution in [0.4, 0.5) is 0 Å². The number of nitrogens with one attached hydrogen (secondary N) is 1. The minimum Gasteiger partial charge on any atom is -0.402 e. The van der Waals surface area contributed by atoms with E-state index in [9.17, 15) is 19.5 Å². The normalized spacial score (nSPS) is 17.2. The molecule has 0 aliphatic carbocycles. The number of allylic oxidation sites excluding steroid dienone is 2. The Morgan fingerprint density at radius 2 is 1.94 bits per heavy atom. The van der Waals surface area contributed by atoms with Gasteiger partial charge in [-0.1, -0.05) is 27.7 Å². The van der Waals surface area contributed by atoms with Gasteiger partial charge in [-0.3, -0.25) is 23.6 Å². The monoisotopic (exact) mass is 491 g/mol. The van der Waals surface area contributed by atoms with Gasteiger partial charge in [0, 0.05) is 36.3 Å². The van der Waals surface area contributed by atoms with Gasteiger partial charge in [0.1, 0.15) is 17.5 Å². The topological polar surface area (TPSA) is 144 Å². The van der Waals surface area contributed by atoms with Crippen LogP contribution in [0, 0.1) is 17.2 Å². The van der Waals surface area contributed by atoms with Crippen LogP contribution < -0.4 is 17.0 Å². The van der Waals surface area contributed by atoms with Crippen molar-refractivity contribution in [2.75, 3.05) is 13.2 Å². The number of nitrogens with zero attached hydrogens (tertiary/aromatic N) is 3. The van der Waals surface area contributed by atoms with E-state index in [1.165, 1.54) is 23.0 Å². The Morgan fingerprint density at radius 3 is 2.44 bits per heavy atom. The maximum Gasteiger partial charge on any atom is 0.331 e. The number of fused-ring (bicyclic) bond motifs is 1. The molecule has 11 heteroatoms. The van der Waals surface area contributed by atoms with Crippen LogP contribution in [-0.4, -0.2) is 50.2 Å². The van der Waals surface area contributed by atoms with Crippen molar-refractivity contribution in [2.45, 2.75) is 53.7 Å². The Labute approximate surface area is 201 Å². The van der Waals surface area contributed by atoms with Crippen LogP contribution in [0.25, 0.3) is 10.2 Å². The summed E-state index contributed by atoms with van der Waals surface area (Å²) in [6.45, 7) is 9.73. The van der Waals surface area contributed by atoms with Crippen LogP contribution in [-0.2, 0) is 24.9 Å². The first kappa shape index (κ1) is 25.9. The summed E-state index contributed by atoms with van der Waals surface area (Å²) in [4.78, 5) is 46.1. The highest BCUT2D eigenvalue weighted by atomic mass is 32.1. The fourth-order valence-corrected chi connectivity index (χ4v) is 5.24. The lowest BCUT2D eigenvalue weighted by Gasteiger charge is -2.17. The number of aromatic nitrogens is 2. The largest absolute Gasteiger partial charge is 0.402 e. The molecule has 0 unspecified atom stereocenters. The van der Waals surface area contributed by atoms with Gasteiger partial charge in [-0.25, -0.2) is 9.86 Å². The third-order valence-corrected chi connectivity index (χ3v) is 6.96. The number of aliphatic hydroxyl groups is 1. The number of β-amino-alcohol motifs (C(OH)–C–C–N with tert-alkyl or cyclic N) is 1. The van der Waals surface area contributed by atoms with Crippen LogP contribution in [0.1, 0.15) is 49.9 Å². The molecule has 34 heavy (non-hydrogen) atoms. The summed E-state index contributed by atoms with van der Waals surface area (Å²) in [7, 11) is 1.40. The summed E-state index contributed by atoms with van der Waals surface area (Å²) >= 11 is 1.19. The Bertz CT molecular complexity index is 1280. The van der Waals surface area contributed by atoms with E-state index in [2.05, 4.69) is 0 Å². The van der Waals surface area contributed by atoms with E-state index in [0.717, 1.165) is 9.63 Å². The minimum absolute atomic E-state index is 0.0235. The number of rotatable bonds is 7. The van der Waals surface area contributed by atoms with Crippen molar-refractivity contribution in [3.8, 4) is 0 Å². The molecular formula is C23H33N5O5S. The maximum absolute atomic E-state index is 13.6. The molecule has 2 aromatic rings. The summed E-state index contributed by atoms with van der Waals surface area (Å²) in [5, 5.41) is 19.6. The molecule has 0 saturated carbocycles. The predicted octanol–water partition coefficient (Wildman–Crippen LogP) is 1.62. The van der Waals surface area contributed by atoms with E-state index < -0.39 is 23.3 Å². The molecule has 1 fully saturated rings. The fourth-order valence-electron chi connectivity index (χ4n) is 3.95. The van der Waals surface area contributed by atoms with Crippen LogP contribution in [0.15, 0.2) is 20.9 Å². The van der Waals surface area contributed by atoms with Crippen LogP contribution >= 0.6 is 11.3 Å². The lowest BCUT2D eigenvalue weighted by atomic mass is 9.94. The molecule has 0 bridgehead atoms. The van der Waals surface area contributed by atoms with E-state index in [1.54, 1.807) is 6.92 Å². The predicted molar refractivity (Wildman–Crippen MR) is 132 cm³/mol. The number of carbonyl (C=O) groups is 1. The van der Waals surface area contributed by atoms with Gasteiger partial charge >= 0.3 is 5.69 Å². The van der Waals surface area contributed by atoms with Gasteiger partial charge in [-0.05, 0) is 24.3 Å². The molecule has 1 saturated heterocycles. The van der Waals surface area contributed by atoms with Crippen molar-refractivity contribution < 1.29 is 14.7 Å². The number of thiophene rings is 1. The molecule has 2 aromatic heterocycles. The van der Waals surface area contributed by atoms with Crippen molar-refractivity contribution in [3.63, 3.8) is 0 Å². The molecule has 3 heterocycles. The van der Waals surface area contributed by atoms with Gasteiger partial charge in [0.05, 0.1) is 17.5 Å². The van der Waals surface area contributed by atoms with E-state index in [4.69, 9.17) is 16.0 Å². The Morgan fingerprint density at radius 1 is 1.29 bits per heavy atom. The number of amides is 1. The lowest BCUT2D eigenvalue weighted by molar-refractivity contribution is -0.0778. The number of nitrogens with two attached hydrogens (primary N) is 1. The first-order chi connectivity index (χ1) is 15.8. The second-order valence-electron chi connectivity index (χ2n) is 9.45. The molecule has 1 aliphatic heterocycles. The molecule has 186 valence electrons. The molecule has 0 aromatic carbocycles. The first-order valence-corrected chi connectivity index (χ1v) is 12.1. The highest BCUT2D eigenvalue weighted by Gasteiger charge is 2.33. The number of carbonyl (C=O) groups excluding carboxylic acids is 1. The zero-order chi connectivity index (χ0) is 25.5. The second-order valence-corrected chi connectivity index (χ2v) is 10.5. The summed E-state index contributed by atoms with van der Waals surface area (Å²) in [6.07, 6.45) is -0.662. The first-order valence-electron chi connectivity index (χ1n) is 11.3. The Kier molecular flexibility index (Phi) is 7.49. The minimum atomic E-state index is -0.824. The quantitative estimate of drug-likeness (QED) is 0.502. The molecule has 1 amide bonds. The summed E-state index contributed by atoms with van der Waals surface area (Å²) in [5.74, 6) is -0.531. The number of hydrogen-bond donors (Lipinski definition) is 3. The van der Waals surface area contributed by atoms with E-state index in [1.807, 2.05) is 27.7 Å². The number of hydroxylamine groups is 2. The van der Waals surface area contributed by atoms with Gasteiger partial charge in [0.2, 0.25) is 0 Å². The number of aliphatic hydroxyl groups excluding tert-OH is 1. The zero-order valence-corrected chi connectivity index (χ0v) is 21.3. The molecule has 10 nitrogen and oxygen atoms in total. The highest BCUT2D eigenvalue weighted by molar-refractivity contribution is 7.19. The van der Waals surface area contributed by atoms with Crippen molar-refractivity contribution in [3.05, 3.63) is 42.5 Å². The van der Waals surface area contributed by atoms with Gasteiger partial charge in [-0.2, -0.15) is 0 Å². The average Bonchev–Trinajstić information content (AvgIpc) is 3.35. The Hall–Kier alpha value is -2.76. The molecule has 0 spiro atoms. The number of hydrogen-bond acceptors (Lipinski definition) is 8. The van der Waals surface area contributed by atoms with Crippen molar-refractivity contribution in [1.29, 1.82) is 5.41 Å². The van der Waals surface area contributed by atoms with E-state index >= 15 is 0 Å². The molecule has 3 rings (SSSR count). The molecule has 1 aliphatic rings. The van der Waals surface area contributed by atoms with Crippen LogP contribution in [0.2, 0.25) is 0 Å². The molecule has 1 atom stereocenters. The lowest BCUT2D eigenvalue weighted by Crippen LogP contribution is -2.39. The Balaban J connectivity index is 2.34. The summed E-state index contributed by atoms with van der Waals surface area (Å²) in [5.41, 5.74) is 6.61. The van der Waals surface area contributed by atoms with E-state index in [0.29, 0.717) is 33.2 Å². The summed E-state index contributed by atoms with van der Waals surface area (Å²) < 4.78 is 2.54. The van der Waals surface area contributed by atoms with Gasteiger partial charge < -0.3 is 16.2 Å². The maximum atomic E-state index is 13.6. The molecule has 0 radical (unpaired) electrons. The van der Waals surface area contributed by atoms with Gasteiger partial charge in [0.15, 0.2) is 0 Å². The zero-order valence-electron chi connectivity index (χ0n) is 20.5. The van der Waals surface area contributed by atoms with Crippen molar-refractivity contribution >= 4 is 33.2 Å². The van der Waals surface area contributed by atoms with Crippen molar-refractivity contribution in [1.82, 2.24) is 14.2 Å². The SMILES string of the molecule is C/C(N)=C(\Cc1sc2c(c1C(=O)N1C[C@H](O)CO1)c(=O)n(C)c(=O)n2CC(C)C)C(=N)C(C)C. The van der Waals surface area contributed by atoms with E-state index in [-0.39, 0.29) is 42.4 Å². The molecule has 4 N–H and O–H groups in total. The van der Waals surface area contributed by atoms with Crippen molar-refractivity contribution in [2.24, 2.45) is 24.6 Å². The fraction of sp³-hybridized carbons (Fsp3) is 0.565. The average molecular weight is 492 g/mol. The molecular weight excluding hydrogens is 458 g/mol. The standard InChI is InChI=1S/C23H33N5O5S/c1-11(2)8-27-22-18(20(30)26(6)23(27)32)17(21(31)28-9-14(29)10-33-28)16(34-22)7-15(13(5)24)19(25)12(3)4/h11-12,14,25,29H,7-10,24H2,1-6H3/b15-13-,25-19?/t14-/m0/s1. The van der Waals surface area contributed by atoms with Crippen LogP contribution in [0.5, 0.6) is 0 Å². The smallest absolute Gasteiger partial charge is 0.331 e. The third-order valence-electron chi connectivity index (χ3n) is 5.75. The van der Waals surface area contributed by atoms with Gasteiger partial charge in [0.25, 0.3) is 11.5 Å². The van der Waals surface area contributed by atoms with Crippen LogP contribution in [0.3, 0.4) is 0 Å². The summed E-state index contributed by atoms with van der Waals surface area (Å²) in [6, 6.07) is 0. The second kappa shape index (κ2) is 9.85. The third kappa shape index (κ3) is 4.73.